The molecule has 4 atom stereocenters. The zero-order chi connectivity index (χ0) is 9.02. The molecule has 5 nitrogen and oxygen atoms in total. The van der Waals surface area contributed by atoms with Crippen LogP contribution in [-0.2, 0) is 0 Å². The van der Waals surface area contributed by atoms with Crippen molar-refractivity contribution in [3.8, 4) is 0 Å². The van der Waals surface area contributed by atoms with Gasteiger partial charge in [0.25, 0.3) is 0 Å². The lowest BCUT2D eigenvalue weighted by Crippen LogP contribution is -2.53. The van der Waals surface area contributed by atoms with Crippen molar-refractivity contribution in [3.05, 3.63) is 0 Å². The molecule has 0 saturated heterocycles. The fourth-order valence-corrected chi connectivity index (χ4v) is 0.735. The topological polar surface area (TPSA) is 119 Å². The summed E-state index contributed by atoms with van der Waals surface area (Å²) in [4.78, 5) is 0. The Morgan fingerprint density at radius 3 is 2.00 bits per heavy atom. The maximum atomic E-state index is 9.23. The van der Waals surface area contributed by atoms with Crippen LogP contribution in [0.3, 0.4) is 0 Å². The first kappa shape index (κ1) is 10.8. The molecule has 0 bridgehead atoms. The molecule has 0 saturated carbocycles. The minimum Gasteiger partial charge on any atom is -0.390 e. The van der Waals surface area contributed by atoms with Gasteiger partial charge in [-0.25, -0.2) is 0 Å². The third-order valence-electron chi connectivity index (χ3n) is 1.62. The third-order valence-corrected chi connectivity index (χ3v) is 1.62. The van der Waals surface area contributed by atoms with E-state index in [-0.39, 0.29) is 6.54 Å². The van der Waals surface area contributed by atoms with Crippen LogP contribution < -0.4 is 17.2 Å². The van der Waals surface area contributed by atoms with Crippen molar-refractivity contribution in [1.29, 1.82) is 0 Å². The highest BCUT2D eigenvalue weighted by molar-refractivity contribution is 4.84. The zero-order valence-corrected chi connectivity index (χ0v) is 6.64. The number of hydrogen-bond acceptors (Lipinski definition) is 5. The second kappa shape index (κ2) is 4.63. The van der Waals surface area contributed by atoms with E-state index in [4.69, 9.17) is 22.3 Å². The van der Waals surface area contributed by atoms with E-state index in [0.717, 1.165) is 0 Å². The highest BCUT2D eigenvalue weighted by atomic mass is 16.3. The SMILES string of the molecule is CC(N)C(O)C(N)C(O)CN. The van der Waals surface area contributed by atoms with E-state index in [0.29, 0.717) is 0 Å². The van der Waals surface area contributed by atoms with Crippen molar-refractivity contribution >= 4 is 0 Å². The lowest BCUT2D eigenvalue weighted by Gasteiger charge is -2.25. The molecule has 0 heterocycles. The van der Waals surface area contributed by atoms with E-state index in [9.17, 15) is 5.11 Å². The molecule has 4 unspecified atom stereocenters. The summed E-state index contributed by atoms with van der Waals surface area (Å²) in [6, 6.07) is -1.22. The van der Waals surface area contributed by atoms with Crippen LogP contribution in [0.1, 0.15) is 6.92 Å². The predicted molar refractivity (Wildman–Crippen MR) is 42.7 cm³/mol. The van der Waals surface area contributed by atoms with E-state index >= 15 is 0 Å². The van der Waals surface area contributed by atoms with Crippen LogP contribution in [0.15, 0.2) is 0 Å². The predicted octanol–water partition coefficient (Wildman–Crippen LogP) is -2.66. The molecule has 0 amide bonds. The number of rotatable bonds is 4. The molecule has 5 heteroatoms. The largest absolute Gasteiger partial charge is 0.390 e. The first-order valence-electron chi connectivity index (χ1n) is 3.58. The summed E-state index contributed by atoms with van der Waals surface area (Å²) in [5, 5.41) is 18.3. The number of aliphatic hydroxyl groups is 2. The van der Waals surface area contributed by atoms with Crippen LogP contribution in [0.5, 0.6) is 0 Å². The van der Waals surface area contributed by atoms with Gasteiger partial charge in [0.05, 0.1) is 18.2 Å². The maximum absolute atomic E-state index is 9.23. The van der Waals surface area contributed by atoms with Gasteiger partial charge in [-0.2, -0.15) is 0 Å². The summed E-state index contributed by atoms with van der Waals surface area (Å²) >= 11 is 0. The molecule has 8 N–H and O–H groups in total. The second-order valence-corrected chi connectivity index (χ2v) is 2.73. The minimum absolute atomic E-state index is 0.0327. The molecule has 0 spiro atoms. The van der Waals surface area contributed by atoms with Gasteiger partial charge in [0.15, 0.2) is 0 Å². The third kappa shape index (κ3) is 3.13. The quantitative estimate of drug-likeness (QED) is 0.310. The normalized spacial score (nSPS) is 22.4. The molecular weight excluding hydrogens is 146 g/mol. The summed E-state index contributed by atoms with van der Waals surface area (Å²) < 4.78 is 0. The lowest BCUT2D eigenvalue weighted by atomic mass is 10.0. The zero-order valence-electron chi connectivity index (χ0n) is 6.64. The van der Waals surface area contributed by atoms with Gasteiger partial charge in [0.1, 0.15) is 0 Å². The maximum Gasteiger partial charge on any atom is 0.0864 e. The highest BCUT2D eigenvalue weighted by Crippen LogP contribution is 1.99. The fourth-order valence-electron chi connectivity index (χ4n) is 0.735. The van der Waals surface area contributed by atoms with Gasteiger partial charge < -0.3 is 27.4 Å². The molecule has 0 aromatic heterocycles. The summed E-state index contributed by atoms with van der Waals surface area (Å²) in [6.45, 7) is 1.65. The molecular formula is C6H17N3O2. The van der Waals surface area contributed by atoms with Crippen LogP contribution in [0.2, 0.25) is 0 Å². The molecule has 0 aliphatic heterocycles. The first-order chi connectivity index (χ1) is 5.00. The van der Waals surface area contributed by atoms with Crippen molar-refractivity contribution in [2.45, 2.75) is 31.2 Å². The van der Waals surface area contributed by atoms with Crippen LogP contribution in [0.25, 0.3) is 0 Å². The van der Waals surface area contributed by atoms with E-state index in [1.165, 1.54) is 0 Å². The van der Waals surface area contributed by atoms with Crippen molar-refractivity contribution < 1.29 is 10.2 Å². The van der Waals surface area contributed by atoms with Crippen LogP contribution in [-0.4, -0.2) is 41.0 Å². The monoisotopic (exact) mass is 163 g/mol. The van der Waals surface area contributed by atoms with Crippen LogP contribution >= 0.6 is 0 Å². The Labute approximate surface area is 66.2 Å². The van der Waals surface area contributed by atoms with E-state index in [1.54, 1.807) is 6.92 Å². The molecule has 0 rings (SSSR count). The molecule has 68 valence electrons. The Bertz CT molecular complexity index is 110. The Morgan fingerprint density at radius 2 is 1.73 bits per heavy atom. The molecule has 11 heavy (non-hydrogen) atoms. The molecule has 0 aliphatic carbocycles. The Hall–Kier alpha value is -0.200. The van der Waals surface area contributed by atoms with Crippen molar-refractivity contribution in [1.82, 2.24) is 0 Å². The Kier molecular flexibility index (Phi) is 4.55. The van der Waals surface area contributed by atoms with Gasteiger partial charge in [0, 0.05) is 12.6 Å². The summed E-state index contributed by atoms with van der Waals surface area (Å²) in [7, 11) is 0. The summed E-state index contributed by atoms with van der Waals surface area (Å²) in [5.41, 5.74) is 15.9. The molecule has 0 aromatic rings. The van der Waals surface area contributed by atoms with E-state index < -0.39 is 24.3 Å². The van der Waals surface area contributed by atoms with Gasteiger partial charge in [-0.3, -0.25) is 0 Å². The second-order valence-electron chi connectivity index (χ2n) is 2.73. The molecule has 0 fully saturated rings. The first-order valence-corrected chi connectivity index (χ1v) is 3.58. The number of hydrogen-bond donors (Lipinski definition) is 5. The standard InChI is InChI=1S/C6H17N3O2/c1-3(8)6(11)5(9)4(10)2-7/h3-6,10-11H,2,7-9H2,1H3. The molecule has 0 aliphatic rings. The average molecular weight is 163 g/mol. The Morgan fingerprint density at radius 1 is 1.27 bits per heavy atom. The smallest absolute Gasteiger partial charge is 0.0864 e. The average Bonchev–Trinajstić information content (AvgIpc) is 2.00. The van der Waals surface area contributed by atoms with Crippen molar-refractivity contribution in [2.75, 3.05) is 6.54 Å². The minimum atomic E-state index is -0.909. The Balaban J connectivity index is 3.90. The van der Waals surface area contributed by atoms with Gasteiger partial charge in [-0.05, 0) is 6.92 Å². The van der Waals surface area contributed by atoms with Crippen LogP contribution in [0.4, 0.5) is 0 Å². The van der Waals surface area contributed by atoms with Crippen molar-refractivity contribution in [2.24, 2.45) is 17.2 Å². The highest BCUT2D eigenvalue weighted by Gasteiger charge is 2.24. The molecule has 0 radical (unpaired) electrons. The lowest BCUT2D eigenvalue weighted by molar-refractivity contribution is 0.0486. The fraction of sp³-hybridized carbons (Fsp3) is 1.00. The van der Waals surface area contributed by atoms with Crippen LogP contribution in [0, 0.1) is 0 Å². The van der Waals surface area contributed by atoms with Gasteiger partial charge in [-0.1, -0.05) is 0 Å². The number of nitrogens with two attached hydrogens (primary N) is 3. The van der Waals surface area contributed by atoms with Crippen molar-refractivity contribution in [3.63, 3.8) is 0 Å². The van der Waals surface area contributed by atoms with E-state index in [1.807, 2.05) is 0 Å². The number of aliphatic hydroxyl groups excluding tert-OH is 2. The van der Waals surface area contributed by atoms with Gasteiger partial charge >= 0.3 is 0 Å². The summed E-state index contributed by atoms with van der Waals surface area (Å²) in [5.74, 6) is 0. The van der Waals surface area contributed by atoms with E-state index in [2.05, 4.69) is 0 Å². The summed E-state index contributed by atoms with van der Waals surface area (Å²) in [6.07, 6.45) is -1.80. The molecule has 0 aromatic carbocycles. The van der Waals surface area contributed by atoms with Gasteiger partial charge in [-0.15, -0.1) is 0 Å². The van der Waals surface area contributed by atoms with Gasteiger partial charge in [0.2, 0.25) is 0 Å².